The minimum absolute atomic E-state index is 0.223. The molecular weight excluding hydrogens is 354 g/mol. The van der Waals surface area contributed by atoms with Crippen LogP contribution in [0.3, 0.4) is 0 Å². The van der Waals surface area contributed by atoms with Crippen LogP contribution in [0.4, 0.5) is 0 Å². The van der Waals surface area contributed by atoms with Gasteiger partial charge in [-0.25, -0.2) is 0 Å². The lowest BCUT2D eigenvalue weighted by Gasteiger charge is -2.10. The number of furan rings is 1. The highest BCUT2D eigenvalue weighted by Gasteiger charge is 2.21. The van der Waals surface area contributed by atoms with E-state index in [9.17, 15) is 5.26 Å². The highest BCUT2D eigenvalue weighted by Crippen LogP contribution is 2.37. The van der Waals surface area contributed by atoms with Crippen LogP contribution in [-0.4, -0.2) is 19.1 Å². The lowest BCUT2D eigenvalue weighted by atomic mass is 10.2. The van der Waals surface area contributed by atoms with E-state index in [0.717, 1.165) is 6.54 Å². The lowest BCUT2D eigenvalue weighted by molar-refractivity contribution is 0.489. The monoisotopic (exact) mass is 365 g/mol. The number of hydrogen-bond donors (Lipinski definition) is 0. The highest BCUT2D eigenvalue weighted by molar-refractivity contribution is 8.01. The van der Waals surface area contributed by atoms with Gasteiger partial charge >= 0.3 is 0 Å². The van der Waals surface area contributed by atoms with Gasteiger partial charge in [0.05, 0.1) is 6.26 Å². The molecule has 0 radical (unpaired) electrons. The first-order chi connectivity index (χ1) is 11.1. The fourth-order valence-electron chi connectivity index (χ4n) is 1.98. The minimum atomic E-state index is 0.223. The summed E-state index contributed by atoms with van der Waals surface area (Å²) < 4.78 is 12.2. The van der Waals surface area contributed by atoms with Gasteiger partial charge in [-0.15, -0.1) is 10.2 Å². The second kappa shape index (κ2) is 6.74. The average molecular weight is 366 g/mol. The molecule has 23 heavy (non-hydrogen) atoms. The number of nitrogens with zero attached hydrogens (tertiary/aromatic N) is 5. The molecule has 0 aliphatic rings. The van der Waals surface area contributed by atoms with Crippen LogP contribution in [0, 0.1) is 17.2 Å². The molecule has 6 nitrogen and oxygen atoms in total. The van der Waals surface area contributed by atoms with E-state index in [-0.39, 0.29) is 5.15 Å². The molecule has 3 rings (SSSR count). The molecule has 0 atom stereocenters. The maximum absolute atomic E-state index is 9.20. The van der Waals surface area contributed by atoms with Crippen molar-refractivity contribution in [1.82, 2.24) is 19.1 Å². The molecule has 0 amide bonds. The van der Waals surface area contributed by atoms with E-state index in [0.29, 0.717) is 32.4 Å². The molecule has 118 valence electrons. The van der Waals surface area contributed by atoms with Crippen molar-refractivity contribution in [2.45, 2.75) is 29.8 Å². The molecular formula is C14H12ClN5OS2. The van der Waals surface area contributed by atoms with E-state index in [2.05, 4.69) is 34.5 Å². The van der Waals surface area contributed by atoms with Gasteiger partial charge in [-0.05, 0) is 41.3 Å². The molecule has 0 bridgehead atoms. The largest absolute Gasteiger partial charge is 0.461 e. The SMILES string of the molecule is CC(C)Cn1c(Sc2snc(Cl)c2C#N)nnc1-c1ccco1. The van der Waals surface area contributed by atoms with Gasteiger partial charge in [0.2, 0.25) is 0 Å². The van der Waals surface area contributed by atoms with Crippen LogP contribution in [0.15, 0.2) is 32.2 Å². The summed E-state index contributed by atoms with van der Waals surface area (Å²) in [6.07, 6.45) is 1.60. The van der Waals surface area contributed by atoms with Gasteiger partial charge in [0.15, 0.2) is 21.9 Å². The Bertz CT molecular complexity index is 847. The number of hydrogen-bond acceptors (Lipinski definition) is 7. The van der Waals surface area contributed by atoms with Gasteiger partial charge in [-0.3, -0.25) is 4.57 Å². The van der Waals surface area contributed by atoms with Gasteiger partial charge in [0.25, 0.3) is 0 Å². The van der Waals surface area contributed by atoms with Gasteiger partial charge in [0.1, 0.15) is 15.8 Å². The van der Waals surface area contributed by atoms with E-state index >= 15 is 0 Å². The number of halogens is 1. The van der Waals surface area contributed by atoms with Gasteiger partial charge < -0.3 is 4.42 Å². The van der Waals surface area contributed by atoms with Crippen LogP contribution < -0.4 is 0 Å². The van der Waals surface area contributed by atoms with Crippen LogP contribution >= 0.6 is 34.9 Å². The molecule has 0 fully saturated rings. The van der Waals surface area contributed by atoms with Crippen molar-refractivity contribution in [3.63, 3.8) is 0 Å². The van der Waals surface area contributed by atoms with Crippen molar-refractivity contribution in [1.29, 1.82) is 5.26 Å². The zero-order valence-corrected chi connectivity index (χ0v) is 14.7. The third-order valence-electron chi connectivity index (χ3n) is 2.92. The summed E-state index contributed by atoms with van der Waals surface area (Å²) in [7, 11) is 0. The van der Waals surface area contributed by atoms with Crippen molar-refractivity contribution >= 4 is 34.9 Å². The Hall–Kier alpha value is -1.82. The van der Waals surface area contributed by atoms with Crippen LogP contribution in [0.5, 0.6) is 0 Å². The fourth-order valence-corrected chi connectivity index (χ4v) is 4.07. The molecule has 0 aliphatic carbocycles. The van der Waals surface area contributed by atoms with Crippen molar-refractivity contribution in [2.24, 2.45) is 5.92 Å². The first kappa shape index (κ1) is 16.1. The normalized spacial score (nSPS) is 11.1. The Morgan fingerprint density at radius 3 is 2.96 bits per heavy atom. The van der Waals surface area contributed by atoms with Gasteiger partial charge in [0, 0.05) is 6.54 Å². The smallest absolute Gasteiger partial charge is 0.200 e. The third-order valence-corrected chi connectivity index (χ3v) is 5.29. The highest BCUT2D eigenvalue weighted by atomic mass is 35.5. The molecule has 0 aromatic carbocycles. The number of aromatic nitrogens is 4. The maximum atomic E-state index is 9.20. The quantitative estimate of drug-likeness (QED) is 0.669. The number of rotatable bonds is 5. The van der Waals surface area contributed by atoms with Gasteiger partial charge in [-0.2, -0.15) is 9.64 Å². The van der Waals surface area contributed by atoms with Gasteiger partial charge in [-0.1, -0.05) is 25.4 Å². The van der Waals surface area contributed by atoms with E-state index in [4.69, 9.17) is 16.0 Å². The molecule has 0 saturated heterocycles. The Balaban J connectivity index is 2.00. The average Bonchev–Trinajstić information content (AvgIpc) is 3.21. The zero-order chi connectivity index (χ0) is 16.4. The number of nitriles is 1. The first-order valence-electron chi connectivity index (χ1n) is 6.80. The van der Waals surface area contributed by atoms with Crippen LogP contribution in [-0.2, 0) is 6.54 Å². The predicted molar refractivity (Wildman–Crippen MR) is 88.5 cm³/mol. The zero-order valence-electron chi connectivity index (χ0n) is 12.4. The van der Waals surface area contributed by atoms with Crippen molar-refractivity contribution < 1.29 is 4.42 Å². The van der Waals surface area contributed by atoms with Crippen LogP contribution in [0.1, 0.15) is 19.4 Å². The van der Waals surface area contributed by atoms with E-state index in [1.165, 1.54) is 23.3 Å². The summed E-state index contributed by atoms with van der Waals surface area (Å²) in [5.74, 6) is 1.73. The topological polar surface area (TPSA) is 80.5 Å². The summed E-state index contributed by atoms with van der Waals surface area (Å²) in [6.45, 7) is 4.97. The molecule has 9 heteroatoms. The second-order valence-electron chi connectivity index (χ2n) is 5.14. The van der Waals surface area contributed by atoms with Crippen molar-refractivity contribution in [2.75, 3.05) is 0 Å². The summed E-state index contributed by atoms with van der Waals surface area (Å²) in [6, 6.07) is 5.74. The van der Waals surface area contributed by atoms with Crippen molar-refractivity contribution in [3.05, 3.63) is 29.1 Å². The molecule has 3 aromatic heterocycles. The van der Waals surface area contributed by atoms with E-state index < -0.39 is 0 Å². The lowest BCUT2D eigenvalue weighted by Crippen LogP contribution is -2.07. The Kier molecular flexibility index (Phi) is 4.71. The molecule has 0 spiro atoms. The minimum Gasteiger partial charge on any atom is -0.461 e. The summed E-state index contributed by atoms with van der Waals surface area (Å²) in [5, 5.41) is 18.6. The van der Waals surface area contributed by atoms with E-state index in [1.807, 2.05) is 16.7 Å². The Morgan fingerprint density at radius 2 is 2.30 bits per heavy atom. The molecule has 0 unspecified atom stereocenters. The molecule has 3 heterocycles. The first-order valence-corrected chi connectivity index (χ1v) is 8.77. The predicted octanol–water partition coefficient (Wildman–Crippen LogP) is 4.33. The Morgan fingerprint density at radius 1 is 1.48 bits per heavy atom. The summed E-state index contributed by atoms with van der Waals surface area (Å²) >= 11 is 8.45. The fraction of sp³-hybridized carbons (Fsp3) is 0.286. The van der Waals surface area contributed by atoms with Crippen molar-refractivity contribution in [3.8, 4) is 17.7 Å². The van der Waals surface area contributed by atoms with Crippen LogP contribution in [0.2, 0.25) is 5.15 Å². The summed E-state index contributed by atoms with van der Waals surface area (Å²) in [4.78, 5) is 0. The molecule has 0 saturated carbocycles. The van der Waals surface area contributed by atoms with Crippen LogP contribution in [0.25, 0.3) is 11.6 Å². The Labute approximate surface area is 146 Å². The third kappa shape index (κ3) is 3.27. The molecule has 0 N–H and O–H groups in total. The second-order valence-corrected chi connectivity index (χ2v) is 7.50. The molecule has 3 aromatic rings. The standard InChI is InChI=1S/C14H12ClN5OS2/c1-8(2)7-20-12(10-4-3-5-21-10)17-18-14(20)22-13-9(6-16)11(15)19-23-13/h3-5,8H,7H2,1-2H3. The summed E-state index contributed by atoms with van der Waals surface area (Å²) in [5.41, 5.74) is 0.375. The molecule has 0 aliphatic heterocycles. The van der Waals surface area contributed by atoms with E-state index in [1.54, 1.807) is 6.26 Å². The maximum Gasteiger partial charge on any atom is 0.200 e.